The molecule has 0 fully saturated rings. The monoisotopic (exact) mass is 290 g/mol. The van der Waals surface area contributed by atoms with Gasteiger partial charge in [-0.2, -0.15) is 5.26 Å². The second-order valence-corrected chi connectivity index (χ2v) is 4.40. The van der Waals surface area contributed by atoms with Crippen LogP contribution in [0.2, 0.25) is 0 Å². The standard InChI is InChI=1S/C14H15BrN2/c1-3-4-5-8-12(11-16)17(2)14-10-7-6-9-13(14)15/h3-10,12H,1-2H3/b4-3+,8-5+. The van der Waals surface area contributed by atoms with Crippen LogP contribution in [0.4, 0.5) is 5.69 Å². The Morgan fingerprint density at radius 2 is 2.06 bits per heavy atom. The molecular formula is C14H15BrN2. The van der Waals surface area contributed by atoms with Gasteiger partial charge in [-0.15, -0.1) is 0 Å². The highest BCUT2D eigenvalue weighted by Gasteiger charge is 2.12. The molecule has 0 heterocycles. The molecule has 0 saturated heterocycles. The minimum atomic E-state index is -0.273. The van der Waals surface area contributed by atoms with Crippen LogP contribution in [-0.4, -0.2) is 13.1 Å². The molecule has 1 aromatic rings. The van der Waals surface area contributed by atoms with E-state index in [0.29, 0.717) is 0 Å². The van der Waals surface area contributed by atoms with Crippen molar-refractivity contribution in [3.8, 4) is 6.07 Å². The average molecular weight is 291 g/mol. The van der Waals surface area contributed by atoms with Crippen molar-refractivity contribution < 1.29 is 0 Å². The van der Waals surface area contributed by atoms with Crippen molar-refractivity contribution in [3.63, 3.8) is 0 Å². The summed E-state index contributed by atoms with van der Waals surface area (Å²) in [6.07, 6.45) is 7.61. The number of halogens is 1. The molecule has 1 rings (SSSR count). The predicted molar refractivity (Wildman–Crippen MR) is 75.9 cm³/mol. The molecule has 0 amide bonds. The maximum Gasteiger partial charge on any atom is 0.135 e. The third-order valence-electron chi connectivity index (χ3n) is 2.38. The number of rotatable bonds is 4. The smallest absolute Gasteiger partial charge is 0.135 e. The Hall–Kier alpha value is -1.53. The van der Waals surface area contributed by atoms with E-state index in [2.05, 4.69) is 22.0 Å². The summed E-state index contributed by atoms with van der Waals surface area (Å²) in [5.41, 5.74) is 1.00. The Labute approximate surface area is 111 Å². The lowest BCUT2D eigenvalue weighted by Crippen LogP contribution is -2.28. The zero-order valence-corrected chi connectivity index (χ0v) is 11.6. The van der Waals surface area contributed by atoms with E-state index in [4.69, 9.17) is 5.26 Å². The third kappa shape index (κ3) is 3.76. The van der Waals surface area contributed by atoms with E-state index in [-0.39, 0.29) is 6.04 Å². The van der Waals surface area contributed by atoms with Crippen LogP contribution in [0.1, 0.15) is 6.92 Å². The molecule has 17 heavy (non-hydrogen) atoms. The van der Waals surface area contributed by atoms with Crippen molar-refractivity contribution in [3.05, 3.63) is 53.0 Å². The van der Waals surface area contributed by atoms with Gasteiger partial charge in [-0.05, 0) is 41.1 Å². The van der Waals surface area contributed by atoms with Gasteiger partial charge in [-0.25, -0.2) is 0 Å². The molecule has 0 aliphatic rings. The van der Waals surface area contributed by atoms with Crippen molar-refractivity contribution in [2.45, 2.75) is 13.0 Å². The van der Waals surface area contributed by atoms with Gasteiger partial charge in [0.2, 0.25) is 0 Å². The number of para-hydroxylation sites is 1. The van der Waals surface area contributed by atoms with Gasteiger partial charge < -0.3 is 4.90 Å². The molecule has 1 atom stereocenters. The number of likely N-dealkylation sites (N-methyl/N-ethyl adjacent to an activating group) is 1. The van der Waals surface area contributed by atoms with Gasteiger partial charge in [0, 0.05) is 11.5 Å². The first kappa shape index (κ1) is 13.5. The molecule has 0 saturated carbocycles. The van der Waals surface area contributed by atoms with Crippen molar-refractivity contribution in [2.24, 2.45) is 0 Å². The maximum absolute atomic E-state index is 9.17. The summed E-state index contributed by atoms with van der Waals surface area (Å²) in [4.78, 5) is 1.93. The normalized spacial score (nSPS) is 12.8. The minimum absolute atomic E-state index is 0.273. The van der Waals surface area contributed by atoms with Crippen LogP contribution >= 0.6 is 15.9 Å². The lowest BCUT2D eigenvalue weighted by molar-refractivity contribution is 0.901. The predicted octanol–water partition coefficient (Wildman–Crippen LogP) is 3.91. The summed E-state index contributed by atoms with van der Waals surface area (Å²) < 4.78 is 0.988. The zero-order valence-electron chi connectivity index (χ0n) is 9.97. The van der Waals surface area contributed by atoms with E-state index in [1.54, 1.807) is 0 Å². The largest absolute Gasteiger partial charge is 0.355 e. The van der Waals surface area contributed by atoms with Crippen molar-refractivity contribution in [1.29, 1.82) is 5.26 Å². The molecule has 0 spiro atoms. The highest BCUT2D eigenvalue weighted by molar-refractivity contribution is 9.10. The summed E-state index contributed by atoms with van der Waals surface area (Å²) >= 11 is 3.49. The number of nitrogens with zero attached hydrogens (tertiary/aromatic N) is 2. The number of benzene rings is 1. The Morgan fingerprint density at radius 1 is 1.35 bits per heavy atom. The molecule has 0 aromatic heterocycles. The summed E-state index contributed by atoms with van der Waals surface area (Å²) in [5.74, 6) is 0. The van der Waals surface area contributed by atoms with Gasteiger partial charge in [0.15, 0.2) is 0 Å². The molecule has 0 bridgehead atoms. The average Bonchev–Trinajstić information content (AvgIpc) is 2.35. The summed E-state index contributed by atoms with van der Waals surface area (Å²) in [5, 5.41) is 9.17. The first-order valence-electron chi connectivity index (χ1n) is 5.37. The fourth-order valence-electron chi connectivity index (χ4n) is 1.43. The van der Waals surface area contributed by atoms with Crippen molar-refractivity contribution >= 4 is 21.6 Å². The molecular weight excluding hydrogens is 276 g/mol. The van der Waals surface area contributed by atoms with Crippen molar-refractivity contribution in [1.82, 2.24) is 0 Å². The van der Waals surface area contributed by atoms with Gasteiger partial charge in [0.05, 0.1) is 11.8 Å². The maximum atomic E-state index is 9.17. The van der Waals surface area contributed by atoms with E-state index >= 15 is 0 Å². The molecule has 3 heteroatoms. The lowest BCUT2D eigenvalue weighted by atomic mass is 10.2. The second kappa shape index (κ2) is 6.93. The van der Waals surface area contributed by atoms with Crippen LogP contribution in [0, 0.1) is 11.3 Å². The van der Waals surface area contributed by atoms with Gasteiger partial charge in [-0.3, -0.25) is 0 Å². The van der Waals surface area contributed by atoms with Crippen LogP contribution in [0.25, 0.3) is 0 Å². The van der Waals surface area contributed by atoms with Crippen LogP contribution < -0.4 is 4.90 Å². The van der Waals surface area contributed by atoms with E-state index < -0.39 is 0 Å². The van der Waals surface area contributed by atoms with Gasteiger partial charge in [-0.1, -0.05) is 30.4 Å². The zero-order chi connectivity index (χ0) is 12.7. The van der Waals surface area contributed by atoms with Crippen LogP contribution in [-0.2, 0) is 0 Å². The van der Waals surface area contributed by atoms with E-state index in [1.807, 2.05) is 67.4 Å². The molecule has 0 N–H and O–H groups in total. The SMILES string of the molecule is C/C=C/C=C/C(C#N)N(C)c1ccccc1Br. The Kier molecular flexibility index (Phi) is 5.51. The van der Waals surface area contributed by atoms with Gasteiger partial charge in [0.25, 0.3) is 0 Å². The Balaban J connectivity index is 2.91. The first-order chi connectivity index (χ1) is 8.20. The number of allylic oxidation sites excluding steroid dienone is 3. The van der Waals surface area contributed by atoms with Crippen LogP contribution in [0.3, 0.4) is 0 Å². The van der Waals surface area contributed by atoms with E-state index in [0.717, 1.165) is 10.2 Å². The molecule has 0 radical (unpaired) electrons. The number of anilines is 1. The molecule has 1 unspecified atom stereocenters. The Morgan fingerprint density at radius 3 is 2.65 bits per heavy atom. The van der Waals surface area contributed by atoms with E-state index in [1.165, 1.54) is 0 Å². The van der Waals surface area contributed by atoms with Gasteiger partial charge >= 0.3 is 0 Å². The fraction of sp³-hybridized carbons (Fsp3) is 0.214. The minimum Gasteiger partial charge on any atom is -0.355 e. The number of nitriles is 1. The second-order valence-electron chi connectivity index (χ2n) is 3.55. The topological polar surface area (TPSA) is 27.0 Å². The van der Waals surface area contributed by atoms with E-state index in [9.17, 15) is 0 Å². The van der Waals surface area contributed by atoms with Crippen molar-refractivity contribution in [2.75, 3.05) is 11.9 Å². The Bertz CT molecular complexity index is 458. The highest BCUT2D eigenvalue weighted by Crippen LogP contribution is 2.26. The number of hydrogen-bond donors (Lipinski definition) is 0. The van der Waals surface area contributed by atoms with Crippen LogP contribution in [0.15, 0.2) is 53.0 Å². The molecule has 88 valence electrons. The molecule has 0 aliphatic heterocycles. The summed E-state index contributed by atoms with van der Waals surface area (Å²) in [7, 11) is 1.91. The lowest BCUT2D eigenvalue weighted by Gasteiger charge is -2.23. The summed E-state index contributed by atoms with van der Waals surface area (Å²) in [6.45, 7) is 1.95. The number of hydrogen-bond acceptors (Lipinski definition) is 2. The highest BCUT2D eigenvalue weighted by atomic mass is 79.9. The molecule has 1 aromatic carbocycles. The first-order valence-corrected chi connectivity index (χ1v) is 6.16. The quantitative estimate of drug-likeness (QED) is 0.786. The fourth-order valence-corrected chi connectivity index (χ4v) is 1.99. The molecule has 2 nitrogen and oxygen atoms in total. The summed E-state index contributed by atoms with van der Waals surface area (Å²) in [6, 6.07) is 9.87. The molecule has 0 aliphatic carbocycles. The van der Waals surface area contributed by atoms with Crippen LogP contribution in [0.5, 0.6) is 0 Å². The third-order valence-corrected chi connectivity index (χ3v) is 3.05. The van der Waals surface area contributed by atoms with Gasteiger partial charge in [0.1, 0.15) is 6.04 Å².